The van der Waals surface area contributed by atoms with Crippen LogP contribution in [0.1, 0.15) is 28.8 Å². The van der Waals surface area contributed by atoms with Gasteiger partial charge in [0.1, 0.15) is 52.2 Å². The molecule has 0 bridgehead atoms. The van der Waals surface area contributed by atoms with Gasteiger partial charge in [0, 0.05) is 61.4 Å². The van der Waals surface area contributed by atoms with Crippen molar-refractivity contribution in [1.29, 1.82) is 0 Å². The van der Waals surface area contributed by atoms with Crippen LogP contribution in [0.2, 0.25) is 0 Å². The Morgan fingerprint density at radius 3 is 2.48 bits per heavy atom. The van der Waals surface area contributed by atoms with E-state index in [2.05, 4.69) is 15.3 Å². The van der Waals surface area contributed by atoms with Gasteiger partial charge in [-0.05, 0) is 83.6 Å². The molecule has 0 aliphatic carbocycles. The molecule has 2 aromatic carbocycles. The molecule has 4 heterocycles. The van der Waals surface area contributed by atoms with E-state index in [9.17, 15) is 14.7 Å². The number of rotatable bonds is 8. The van der Waals surface area contributed by atoms with Crippen molar-refractivity contribution >= 4 is 65.4 Å². The van der Waals surface area contributed by atoms with E-state index in [0.29, 0.717) is 64.7 Å². The minimum Gasteiger partial charge on any atom is -0.566 e. The average Bonchev–Trinajstić information content (AvgIpc) is 3.10. The monoisotopic (exact) mass is 669 g/mol. The Morgan fingerprint density at radius 1 is 1.04 bits per heavy atom. The van der Waals surface area contributed by atoms with Crippen LogP contribution in [0, 0.1) is 18.7 Å². The van der Waals surface area contributed by atoms with Gasteiger partial charge in [0.2, 0.25) is 5.43 Å². The van der Waals surface area contributed by atoms with Crippen molar-refractivity contribution in [2.24, 2.45) is 5.92 Å². The smallest absolute Gasteiger partial charge is 0.322 e. The second-order valence-electron chi connectivity index (χ2n) is 12.8. The van der Waals surface area contributed by atoms with Gasteiger partial charge >= 0.3 is 8.05 Å². The molecule has 0 saturated carbocycles. The third kappa shape index (κ3) is 6.78. The van der Waals surface area contributed by atoms with Crippen molar-refractivity contribution in [3.05, 3.63) is 88.4 Å². The second-order valence-corrected chi connectivity index (χ2v) is 12.8. The van der Waals surface area contributed by atoms with Crippen molar-refractivity contribution < 1.29 is 23.7 Å². The number of aryl methyl sites for hydroxylation is 1. The maximum Gasteiger partial charge on any atom is 0.322 e. The highest BCUT2D eigenvalue weighted by atomic mass is 19.1. The fraction of sp³-hybridized carbons (Fsp3) is 0.200. The number of amides is 1. The van der Waals surface area contributed by atoms with Crippen LogP contribution in [0.4, 0.5) is 15.9 Å². The molecule has 1 fully saturated rings. The first-order chi connectivity index (χ1) is 24.0. The maximum absolute atomic E-state index is 15.8. The maximum atomic E-state index is 15.8. The van der Waals surface area contributed by atoms with E-state index >= 15 is 4.39 Å². The minimum absolute atomic E-state index is 0.0651. The number of benzene rings is 2. The van der Waals surface area contributed by atoms with Gasteiger partial charge in [-0.3, -0.25) is 14.6 Å². The number of nitrogens with one attached hydrogen (secondary N) is 1. The van der Waals surface area contributed by atoms with Gasteiger partial charge in [0.25, 0.3) is 5.91 Å². The first-order valence-electron chi connectivity index (χ1n) is 16.5. The van der Waals surface area contributed by atoms with Crippen molar-refractivity contribution in [3.8, 4) is 45.0 Å². The Hall–Kier alpha value is -5.29. The van der Waals surface area contributed by atoms with Crippen LogP contribution in [0.15, 0.2) is 66.0 Å². The molecule has 3 aromatic heterocycles. The number of aromatic nitrogens is 3. The molecular weight excluding hydrogens is 633 g/mol. The largest absolute Gasteiger partial charge is 0.566 e. The second kappa shape index (κ2) is 14.3. The van der Waals surface area contributed by atoms with E-state index in [-0.39, 0.29) is 28.4 Å². The van der Waals surface area contributed by atoms with Gasteiger partial charge in [-0.25, -0.2) is 9.37 Å². The highest BCUT2D eigenvalue weighted by molar-refractivity contribution is 6.56. The molecule has 6 rings (SSSR count). The summed E-state index contributed by atoms with van der Waals surface area (Å²) in [4.78, 5) is 36.2. The number of phenolic OH excluding ortho intramolecular Hbond substituents is 1. The van der Waals surface area contributed by atoms with Crippen LogP contribution in [0.5, 0.6) is 11.5 Å². The summed E-state index contributed by atoms with van der Waals surface area (Å²) in [6, 6.07) is 9.63. The standard InChI is InChI=1S/C35H36B4FN5O5/c1-17-2-5-26(42-12-17)23-15-45(14-18-6-8-49-9-7-18)16-24(31(23)46)35(48)44-20-3-4-21(25(40)11-20)22-10-19(13-43-34(22)41)27-28(36)30(38)32(47)33(50-39)29(27)37/h2-5,10-13,15-16,18,47H,6-9,14,36-39H2,1H3,(H2,41,43)(H,44,48). The summed E-state index contributed by atoms with van der Waals surface area (Å²) in [5, 5.41) is 13.3. The molecular formula is C35H36B4FN5O5. The predicted octanol–water partition coefficient (Wildman–Crippen LogP) is -0.244. The Bertz CT molecular complexity index is 2180. The number of hydrogen-bond acceptors (Lipinski definition) is 8. The molecule has 50 heavy (non-hydrogen) atoms. The zero-order valence-corrected chi connectivity index (χ0v) is 28.8. The lowest BCUT2D eigenvalue weighted by atomic mass is 9.70. The van der Waals surface area contributed by atoms with Gasteiger partial charge in [-0.2, -0.15) is 0 Å². The van der Waals surface area contributed by atoms with Crippen LogP contribution in [-0.4, -0.2) is 70.4 Å². The number of aromatic hydroxyl groups is 1. The molecule has 0 atom stereocenters. The zero-order chi connectivity index (χ0) is 35.7. The normalized spacial score (nSPS) is 13.2. The van der Waals surface area contributed by atoms with Gasteiger partial charge in [0.15, 0.2) is 0 Å². The lowest BCUT2D eigenvalue weighted by molar-refractivity contribution is 0.0612. The summed E-state index contributed by atoms with van der Waals surface area (Å²) in [6.07, 6.45) is 8.33. The fourth-order valence-corrected chi connectivity index (χ4v) is 6.56. The molecule has 15 heteroatoms. The number of halogens is 1. The quantitative estimate of drug-likeness (QED) is 0.193. The zero-order valence-electron chi connectivity index (χ0n) is 28.8. The average molecular weight is 669 g/mol. The summed E-state index contributed by atoms with van der Waals surface area (Å²) in [5.74, 6) is -0.442. The molecule has 1 aliphatic heterocycles. The van der Waals surface area contributed by atoms with E-state index in [1.807, 2.05) is 33.2 Å². The van der Waals surface area contributed by atoms with Crippen LogP contribution in [0.3, 0.4) is 0 Å². The minimum atomic E-state index is -0.664. The van der Waals surface area contributed by atoms with E-state index in [1.54, 1.807) is 50.8 Å². The number of carbonyl (C=O) groups is 1. The van der Waals surface area contributed by atoms with Gasteiger partial charge in [-0.1, -0.05) is 11.5 Å². The Kier molecular flexibility index (Phi) is 9.88. The molecule has 4 N–H and O–H groups in total. The van der Waals surface area contributed by atoms with E-state index < -0.39 is 17.2 Å². The third-order valence-corrected chi connectivity index (χ3v) is 9.47. The highest BCUT2D eigenvalue weighted by Crippen LogP contribution is 2.33. The first kappa shape index (κ1) is 34.6. The lowest BCUT2D eigenvalue weighted by Crippen LogP contribution is -2.34. The van der Waals surface area contributed by atoms with Gasteiger partial charge in [-0.15, -0.1) is 0 Å². The molecule has 1 amide bonds. The number of hydrogen-bond donors (Lipinski definition) is 3. The topological polar surface area (TPSA) is 142 Å². The molecule has 10 nitrogen and oxygen atoms in total. The SMILES string of the molecule is BOc1c(B)c(-c2cnc(N)c(-c3ccc(NC(=O)c4cn(CC5CCOCC5)cc(-c5ccc(C)cn5)c4=O)cc3F)c2)c(B)c(B)c1O. The fourth-order valence-electron chi connectivity index (χ4n) is 6.56. The number of phenols is 1. The predicted molar refractivity (Wildman–Crippen MR) is 205 cm³/mol. The van der Waals surface area contributed by atoms with Crippen LogP contribution in [-0.2, 0) is 11.3 Å². The lowest BCUT2D eigenvalue weighted by Gasteiger charge is -2.23. The van der Waals surface area contributed by atoms with Crippen LogP contribution in [0.25, 0.3) is 33.5 Å². The van der Waals surface area contributed by atoms with E-state index in [4.69, 9.17) is 15.1 Å². The number of pyridine rings is 3. The molecule has 0 unspecified atom stereocenters. The number of ether oxygens (including phenoxy) is 1. The molecule has 1 saturated heterocycles. The van der Waals surface area contributed by atoms with E-state index in [0.717, 1.165) is 29.4 Å². The molecule has 1 aliphatic rings. The van der Waals surface area contributed by atoms with Gasteiger partial charge < -0.3 is 30.1 Å². The van der Waals surface area contributed by atoms with Crippen LogP contribution < -0.4 is 37.5 Å². The first-order valence-corrected chi connectivity index (χ1v) is 16.5. The molecule has 0 radical (unpaired) electrons. The number of nitrogens with two attached hydrogens (primary N) is 1. The Morgan fingerprint density at radius 2 is 1.80 bits per heavy atom. The van der Waals surface area contributed by atoms with Crippen molar-refractivity contribution in [1.82, 2.24) is 14.5 Å². The molecule has 5 aromatic rings. The number of carbonyl (C=O) groups excluding carboxylic acids is 1. The Balaban J connectivity index is 1.33. The summed E-state index contributed by atoms with van der Waals surface area (Å²) in [7, 11) is 7.01. The Labute approximate surface area is 292 Å². The van der Waals surface area contributed by atoms with Crippen LogP contribution >= 0.6 is 0 Å². The number of nitrogen functional groups attached to an aromatic ring is 1. The summed E-state index contributed by atoms with van der Waals surface area (Å²) in [5.41, 5.74) is 11.8. The van der Waals surface area contributed by atoms with Crippen molar-refractivity contribution in [2.45, 2.75) is 26.3 Å². The van der Waals surface area contributed by atoms with Crippen molar-refractivity contribution in [3.63, 3.8) is 0 Å². The summed E-state index contributed by atoms with van der Waals surface area (Å²) >= 11 is 0. The summed E-state index contributed by atoms with van der Waals surface area (Å²) < 4.78 is 28.7. The molecule has 250 valence electrons. The summed E-state index contributed by atoms with van der Waals surface area (Å²) in [6.45, 7) is 3.85. The van der Waals surface area contributed by atoms with Gasteiger partial charge in [0.05, 0.1) is 11.3 Å². The third-order valence-electron chi connectivity index (χ3n) is 9.47. The van der Waals surface area contributed by atoms with Crippen molar-refractivity contribution in [2.75, 3.05) is 24.3 Å². The number of anilines is 2. The highest BCUT2D eigenvalue weighted by Gasteiger charge is 2.22. The number of nitrogens with zero attached hydrogens (tertiary/aromatic N) is 3. The van der Waals surface area contributed by atoms with E-state index in [1.165, 1.54) is 20.2 Å². The molecule has 0 spiro atoms.